The Bertz CT molecular complexity index is 555. The Kier molecular flexibility index (Phi) is 4.34. The number of rotatable bonds is 3. The smallest absolute Gasteiger partial charge is 0.407 e. The first-order valence-electron chi connectivity index (χ1n) is 8.30. The zero-order valence-corrected chi connectivity index (χ0v) is 14.0. The number of ether oxygens (including phenoxy) is 1. The van der Waals surface area contributed by atoms with Gasteiger partial charge >= 0.3 is 6.09 Å². The number of cyclic esters (lactones) is 1. The molecule has 5 nitrogen and oxygen atoms in total. The summed E-state index contributed by atoms with van der Waals surface area (Å²) in [6.07, 6.45) is 0.422. The number of carbonyl (C=O) groups excluding carboxylic acids is 1. The first-order valence-corrected chi connectivity index (χ1v) is 8.30. The van der Waals surface area contributed by atoms with Gasteiger partial charge in [0.1, 0.15) is 6.10 Å². The van der Waals surface area contributed by atoms with E-state index in [1.54, 1.807) is 0 Å². The van der Waals surface area contributed by atoms with Gasteiger partial charge in [-0.15, -0.1) is 0 Å². The van der Waals surface area contributed by atoms with E-state index in [0.29, 0.717) is 13.0 Å². The summed E-state index contributed by atoms with van der Waals surface area (Å²) >= 11 is 0. The maximum Gasteiger partial charge on any atom is 0.407 e. The summed E-state index contributed by atoms with van der Waals surface area (Å²) in [5, 5.41) is 13.1. The fourth-order valence-electron chi connectivity index (χ4n) is 3.78. The Morgan fingerprint density at radius 2 is 2.00 bits per heavy atom. The Morgan fingerprint density at radius 3 is 2.65 bits per heavy atom. The summed E-state index contributed by atoms with van der Waals surface area (Å²) < 4.78 is 5.60. The summed E-state index contributed by atoms with van der Waals surface area (Å²) in [5.74, 6) is 0. The maximum atomic E-state index is 11.8. The van der Waals surface area contributed by atoms with Crippen LogP contribution in [0.5, 0.6) is 0 Å². The van der Waals surface area contributed by atoms with Gasteiger partial charge in [0, 0.05) is 12.1 Å². The quantitative estimate of drug-likeness (QED) is 0.894. The molecule has 1 aromatic carbocycles. The molecule has 0 unspecified atom stereocenters. The number of nitrogens with zero attached hydrogens (tertiary/aromatic N) is 1. The number of alkyl carbamates (subject to hydrolysis) is 1. The molecule has 23 heavy (non-hydrogen) atoms. The molecule has 2 heterocycles. The van der Waals surface area contributed by atoms with Crippen LogP contribution in [0, 0.1) is 0 Å². The number of benzene rings is 1. The number of likely N-dealkylation sites (tertiary alicyclic amines) is 1. The normalized spacial score (nSPS) is 31.9. The molecule has 2 fully saturated rings. The van der Waals surface area contributed by atoms with Gasteiger partial charge in [0.25, 0.3) is 0 Å². The standard InChI is InChI=1S/C18H26N2O3/c1-18(2,3)20-11-13(21)10-15(20)16-14(19-17(22)23-16)9-12-7-5-4-6-8-12/h4-8,13-16,21H,9-11H2,1-3H3,(H,19,22)/t13-,14-,15+,16-/m0/s1. The molecule has 0 aliphatic carbocycles. The topological polar surface area (TPSA) is 61.8 Å². The minimum absolute atomic E-state index is 0.0395. The third-order valence-electron chi connectivity index (χ3n) is 4.80. The second-order valence-corrected chi connectivity index (χ2v) is 7.59. The fraction of sp³-hybridized carbons (Fsp3) is 0.611. The molecule has 2 aliphatic rings. The molecule has 2 N–H and O–H groups in total. The number of aliphatic hydroxyl groups excluding tert-OH is 1. The number of aliphatic hydroxyl groups is 1. The predicted molar refractivity (Wildman–Crippen MR) is 88.2 cm³/mol. The van der Waals surface area contributed by atoms with Gasteiger partial charge in [-0.05, 0) is 39.2 Å². The van der Waals surface area contributed by atoms with Crippen molar-refractivity contribution in [1.29, 1.82) is 0 Å². The van der Waals surface area contributed by atoms with Crippen LogP contribution in [0.25, 0.3) is 0 Å². The molecule has 0 saturated carbocycles. The molecule has 1 amide bonds. The number of nitrogens with one attached hydrogen (secondary N) is 1. The average Bonchev–Trinajstić information content (AvgIpc) is 3.02. The molecule has 5 heteroatoms. The third kappa shape index (κ3) is 3.51. The lowest BCUT2D eigenvalue weighted by Crippen LogP contribution is -2.53. The van der Waals surface area contributed by atoms with Crippen LogP contribution in [0.4, 0.5) is 4.79 Å². The highest BCUT2D eigenvalue weighted by Gasteiger charge is 2.48. The van der Waals surface area contributed by atoms with E-state index < -0.39 is 0 Å². The molecule has 3 rings (SSSR count). The molecule has 0 aromatic heterocycles. The molecule has 0 spiro atoms. The van der Waals surface area contributed by atoms with Crippen molar-refractivity contribution in [3.05, 3.63) is 35.9 Å². The van der Waals surface area contributed by atoms with Crippen LogP contribution in [-0.4, -0.2) is 52.5 Å². The highest BCUT2D eigenvalue weighted by molar-refractivity contribution is 5.70. The van der Waals surface area contributed by atoms with Crippen LogP contribution in [0.1, 0.15) is 32.8 Å². The molecule has 0 bridgehead atoms. The maximum absolute atomic E-state index is 11.8. The Labute approximate surface area is 137 Å². The van der Waals surface area contributed by atoms with Crippen LogP contribution in [0.15, 0.2) is 30.3 Å². The lowest BCUT2D eigenvalue weighted by molar-refractivity contribution is 0.0241. The average molecular weight is 318 g/mol. The van der Waals surface area contributed by atoms with Gasteiger partial charge in [-0.25, -0.2) is 4.79 Å². The molecular weight excluding hydrogens is 292 g/mol. The molecule has 0 radical (unpaired) electrons. The van der Waals surface area contributed by atoms with E-state index in [9.17, 15) is 9.90 Å². The van der Waals surface area contributed by atoms with Gasteiger partial charge in [-0.2, -0.15) is 0 Å². The Balaban J connectivity index is 1.80. The van der Waals surface area contributed by atoms with Crippen molar-refractivity contribution in [2.24, 2.45) is 0 Å². The largest absolute Gasteiger partial charge is 0.442 e. The third-order valence-corrected chi connectivity index (χ3v) is 4.80. The zero-order chi connectivity index (χ0) is 16.6. The van der Waals surface area contributed by atoms with Crippen LogP contribution >= 0.6 is 0 Å². The molecule has 2 aliphatic heterocycles. The summed E-state index contributed by atoms with van der Waals surface area (Å²) in [7, 11) is 0. The molecule has 4 atom stereocenters. The van der Waals surface area contributed by atoms with Gasteiger partial charge in [-0.3, -0.25) is 4.90 Å². The molecular formula is C18H26N2O3. The van der Waals surface area contributed by atoms with E-state index >= 15 is 0 Å². The lowest BCUT2D eigenvalue weighted by atomic mass is 9.93. The minimum Gasteiger partial charge on any atom is -0.442 e. The van der Waals surface area contributed by atoms with Gasteiger partial charge in [0.05, 0.1) is 18.2 Å². The second-order valence-electron chi connectivity index (χ2n) is 7.59. The minimum atomic E-state index is -0.365. The van der Waals surface area contributed by atoms with Crippen LogP contribution in [-0.2, 0) is 11.2 Å². The number of amides is 1. The van der Waals surface area contributed by atoms with Gasteiger partial charge in [-0.1, -0.05) is 30.3 Å². The van der Waals surface area contributed by atoms with Crippen LogP contribution in [0.3, 0.4) is 0 Å². The van der Waals surface area contributed by atoms with Crippen LogP contribution < -0.4 is 5.32 Å². The highest BCUT2D eigenvalue weighted by Crippen LogP contribution is 2.33. The van der Waals surface area contributed by atoms with E-state index in [1.165, 1.54) is 5.56 Å². The van der Waals surface area contributed by atoms with E-state index in [-0.39, 0.29) is 35.9 Å². The Morgan fingerprint density at radius 1 is 1.30 bits per heavy atom. The van der Waals surface area contributed by atoms with Crippen molar-refractivity contribution >= 4 is 6.09 Å². The van der Waals surface area contributed by atoms with Crippen molar-refractivity contribution < 1.29 is 14.6 Å². The van der Waals surface area contributed by atoms with Gasteiger partial charge in [0.2, 0.25) is 0 Å². The first kappa shape index (κ1) is 16.3. The van der Waals surface area contributed by atoms with E-state index in [4.69, 9.17) is 4.74 Å². The first-order chi connectivity index (χ1) is 10.8. The summed E-state index contributed by atoms with van der Waals surface area (Å²) in [6.45, 7) is 7.03. The fourth-order valence-corrected chi connectivity index (χ4v) is 3.78. The molecule has 126 valence electrons. The summed E-state index contributed by atoms with van der Waals surface area (Å²) in [6, 6.07) is 10.1. The van der Waals surface area contributed by atoms with E-state index in [0.717, 1.165) is 6.42 Å². The van der Waals surface area contributed by atoms with Gasteiger partial charge in [0.15, 0.2) is 0 Å². The molecule has 2 saturated heterocycles. The zero-order valence-electron chi connectivity index (χ0n) is 14.0. The van der Waals surface area contributed by atoms with Crippen LogP contribution in [0.2, 0.25) is 0 Å². The SMILES string of the molecule is CC(C)(C)N1C[C@@H](O)C[C@@H]1[C@H]1OC(=O)N[C@H]1Cc1ccccc1. The van der Waals surface area contributed by atoms with Crippen molar-refractivity contribution in [2.45, 2.75) is 63.4 Å². The van der Waals surface area contributed by atoms with E-state index in [2.05, 4.69) is 43.1 Å². The van der Waals surface area contributed by atoms with Crippen molar-refractivity contribution in [3.63, 3.8) is 0 Å². The molecule has 1 aromatic rings. The predicted octanol–water partition coefficient (Wildman–Crippen LogP) is 1.94. The van der Waals surface area contributed by atoms with E-state index in [1.807, 2.05) is 18.2 Å². The number of hydrogen-bond donors (Lipinski definition) is 2. The highest BCUT2D eigenvalue weighted by atomic mass is 16.6. The van der Waals surface area contributed by atoms with Crippen molar-refractivity contribution in [3.8, 4) is 0 Å². The number of hydrogen-bond acceptors (Lipinski definition) is 4. The lowest BCUT2D eigenvalue weighted by Gasteiger charge is -2.39. The Hall–Kier alpha value is -1.59. The second kappa shape index (κ2) is 6.13. The summed E-state index contributed by atoms with van der Waals surface area (Å²) in [4.78, 5) is 14.1. The monoisotopic (exact) mass is 318 g/mol. The van der Waals surface area contributed by atoms with Crippen molar-refractivity contribution in [2.75, 3.05) is 6.54 Å². The summed E-state index contributed by atoms with van der Waals surface area (Å²) in [5.41, 5.74) is 1.10. The van der Waals surface area contributed by atoms with Gasteiger partial charge < -0.3 is 15.2 Å². The van der Waals surface area contributed by atoms with Crippen molar-refractivity contribution in [1.82, 2.24) is 10.2 Å². The number of β-amino-alcohol motifs (C(OH)–C–C–N with tert-alkyl or cyclic N) is 1. The number of carbonyl (C=O) groups is 1.